The molecule has 1 aromatic carbocycles. The number of aliphatic hydroxyl groups excluding tert-OH is 1. The first-order valence-corrected chi connectivity index (χ1v) is 10.6. The third-order valence-corrected chi connectivity index (χ3v) is 6.75. The second kappa shape index (κ2) is 7.90. The first kappa shape index (κ1) is 18.9. The van der Waals surface area contributed by atoms with E-state index in [0.29, 0.717) is 11.6 Å². The van der Waals surface area contributed by atoms with Gasteiger partial charge in [-0.05, 0) is 19.1 Å². The highest BCUT2D eigenvalue weighted by molar-refractivity contribution is 7.16. The number of carbonyl (C=O) groups is 2. The summed E-state index contributed by atoms with van der Waals surface area (Å²) in [4.78, 5) is 36.6. The number of para-hydroxylation sites is 1. The van der Waals surface area contributed by atoms with Gasteiger partial charge in [0.05, 0.1) is 29.3 Å². The molecule has 0 bridgehead atoms. The van der Waals surface area contributed by atoms with Gasteiger partial charge in [-0.3, -0.25) is 9.59 Å². The molecule has 1 fully saturated rings. The molecule has 3 heterocycles. The first-order chi connectivity index (χ1) is 13.5. The largest absolute Gasteiger partial charge is 0.389 e. The fourth-order valence-corrected chi connectivity index (χ4v) is 5.08. The average Bonchev–Trinajstić information content (AvgIpc) is 3.41. The quantitative estimate of drug-likeness (QED) is 0.671. The minimum Gasteiger partial charge on any atom is -0.389 e. The van der Waals surface area contributed by atoms with Crippen LogP contribution in [0.15, 0.2) is 35.7 Å². The number of hydrogen-bond donors (Lipinski definition) is 1. The Morgan fingerprint density at radius 3 is 2.75 bits per heavy atom. The van der Waals surface area contributed by atoms with Gasteiger partial charge in [0.1, 0.15) is 15.8 Å². The van der Waals surface area contributed by atoms with Gasteiger partial charge in [0.25, 0.3) is 0 Å². The second-order valence-electron chi connectivity index (χ2n) is 6.69. The van der Waals surface area contributed by atoms with Crippen LogP contribution in [0.5, 0.6) is 0 Å². The zero-order valence-corrected chi connectivity index (χ0v) is 16.9. The molecule has 0 aliphatic carbocycles. The third-order valence-electron chi connectivity index (χ3n) is 4.73. The molecule has 1 unspecified atom stereocenters. The predicted molar refractivity (Wildman–Crippen MR) is 109 cm³/mol. The molecule has 0 saturated carbocycles. The Morgan fingerprint density at radius 1 is 1.25 bits per heavy atom. The van der Waals surface area contributed by atoms with Crippen LogP contribution in [-0.2, 0) is 22.6 Å². The molecule has 2 aromatic heterocycles. The summed E-state index contributed by atoms with van der Waals surface area (Å²) in [5.41, 5.74) is 2.45. The summed E-state index contributed by atoms with van der Waals surface area (Å²) < 4.78 is 0. The van der Waals surface area contributed by atoms with Crippen LogP contribution in [0.3, 0.4) is 0 Å². The summed E-state index contributed by atoms with van der Waals surface area (Å²) in [6.07, 6.45) is 0.482. The average molecular weight is 414 g/mol. The van der Waals surface area contributed by atoms with Crippen molar-refractivity contribution in [3.63, 3.8) is 0 Å². The maximum absolute atomic E-state index is 12.7. The van der Waals surface area contributed by atoms with Crippen LogP contribution >= 0.6 is 22.7 Å². The number of Topliss-reactive ketones (excluding diaryl/α,β-unsaturated/α-hetero) is 1. The van der Waals surface area contributed by atoms with Gasteiger partial charge in [0.2, 0.25) is 5.91 Å². The highest BCUT2D eigenvalue weighted by atomic mass is 32.1. The highest BCUT2D eigenvalue weighted by Crippen LogP contribution is 2.32. The molecular weight excluding hydrogens is 394 g/mol. The van der Waals surface area contributed by atoms with Gasteiger partial charge in [-0.1, -0.05) is 18.2 Å². The standard InChI is InChI=1S/C20H19N3O3S2/c1-12-20(28-18(10-24)21-12)15-11-27-17(22-15)8-16(25)13-7-19(26)23(9-13)14-5-3-2-4-6-14/h2-6,11,13,24H,7-10H2,1H3. The number of thiazole rings is 2. The second-order valence-corrected chi connectivity index (χ2v) is 8.72. The minimum absolute atomic E-state index is 0.0128. The summed E-state index contributed by atoms with van der Waals surface area (Å²) in [5.74, 6) is -0.267. The number of nitrogens with zero attached hydrogens (tertiary/aromatic N) is 3. The van der Waals surface area contributed by atoms with E-state index < -0.39 is 0 Å². The van der Waals surface area contributed by atoms with E-state index in [1.165, 1.54) is 22.7 Å². The lowest BCUT2D eigenvalue weighted by atomic mass is 10.0. The molecule has 8 heteroatoms. The molecule has 3 aromatic rings. The van der Waals surface area contributed by atoms with Crippen LogP contribution in [0.1, 0.15) is 22.1 Å². The first-order valence-electron chi connectivity index (χ1n) is 8.95. The van der Waals surface area contributed by atoms with Crippen molar-refractivity contribution in [3.05, 3.63) is 51.4 Å². The van der Waals surface area contributed by atoms with Crippen LogP contribution < -0.4 is 4.90 Å². The molecule has 144 valence electrons. The monoisotopic (exact) mass is 413 g/mol. The highest BCUT2D eigenvalue weighted by Gasteiger charge is 2.35. The van der Waals surface area contributed by atoms with Crippen LogP contribution in [0, 0.1) is 12.8 Å². The number of rotatable bonds is 6. The van der Waals surface area contributed by atoms with Crippen molar-refractivity contribution in [2.24, 2.45) is 5.92 Å². The lowest BCUT2D eigenvalue weighted by molar-refractivity contribution is -0.124. The van der Waals surface area contributed by atoms with Crippen molar-refractivity contribution in [1.82, 2.24) is 9.97 Å². The van der Waals surface area contributed by atoms with Crippen LogP contribution in [0.2, 0.25) is 0 Å². The van der Waals surface area contributed by atoms with Crippen molar-refractivity contribution < 1.29 is 14.7 Å². The van der Waals surface area contributed by atoms with Crippen molar-refractivity contribution in [3.8, 4) is 10.6 Å². The Hall–Kier alpha value is -2.42. The number of ketones is 1. The Morgan fingerprint density at radius 2 is 2.04 bits per heavy atom. The summed E-state index contributed by atoms with van der Waals surface area (Å²) in [6, 6.07) is 9.45. The fourth-order valence-electron chi connectivity index (χ4n) is 3.33. The summed E-state index contributed by atoms with van der Waals surface area (Å²) in [6.45, 7) is 2.22. The SMILES string of the molecule is Cc1nc(CO)sc1-c1csc(CC(=O)C2CC(=O)N(c3ccccc3)C2)n1. The van der Waals surface area contributed by atoms with Crippen molar-refractivity contribution >= 4 is 40.1 Å². The van der Waals surface area contributed by atoms with Gasteiger partial charge in [0.15, 0.2) is 0 Å². The van der Waals surface area contributed by atoms with E-state index in [1.807, 2.05) is 42.6 Å². The minimum atomic E-state index is -0.300. The number of anilines is 1. The third kappa shape index (κ3) is 3.76. The molecule has 1 aliphatic heterocycles. The smallest absolute Gasteiger partial charge is 0.227 e. The van der Waals surface area contributed by atoms with Gasteiger partial charge in [0, 0.05) is 30.0 Å². The van der Waals surface area contributed by atoms with Crippen LogP contribution in [-0.4, -0.2) is 33.3 Å². The summed E-state index contributed by atoms with van der Waals surface area (Å²) in [7, 11) is 0. The van der Waals surface area contributed by atoms with E-state index in [-0.39, 0.29) is 37.1 Å². The number of amides is 1. The molecule has 1 amide bonds. The molecule has 0 radical (unpaired) electrons. The van der Waals surface area contributed by atoms with Gasteiger partial charge in [-0.25, -0.2) is 9.97 Å². The maximum atomic E-state index is 12.7. The van der Waals surface area contributed by atoms with E-state index in [2.05, 4.69) is 9.97 Å². The lowest BCUT2D eigenvalue weighted by Crippen LogP contribution is -2.26. The zero-order valence-electron chi connectivity index (χ0n) is 15.3. The summed E-state index contributed by atoms with van der Waals surface area (Å²) >= 11 is 2.86. The van der Waals surface area contributed by atoms with E-state index in [4.69, 9.17) is 0 Å². The molecule has 28 heavy (non-hydrogen) atoms. The molecule has 0 spiro atoms. The Bertz CT molecular complexity index is 1010. The lowest BCUT2D eigenvalue weighted by Gasteiger charge is -2.16. The molecule has 1 atom stereocenters. The van der Waals surface area contributed by atoms with Crippen molar-refractivity contribution in [2.75, 3.05) is 11.4 Å². The summed E-state index contributed by atoms with van der Waals surface area (Å²) in [5, 5.41) is 12.6. The molecule has 4 rings (SSSR count). The normalized spacial score (nSPS) is 16.7. The van der Waals surface area contributed by atoms with Gasteiger partial charge in [-0.2, -0.15) is 0 Å². The molecule has 1 N–H and O–H groups in total. The van der Waals surface area contributed by atoms with Crippen LogP contribution in [0.25, 0.3) is 10.6 Å². The Labute approximate surface area is 170 Å². The molecular formula is C20H19N3O3S2. The van der Waals surface area contributed by atoms with Gasteiger partial charge < -0.3 is 10.0 Å². The number of carbonyl (C=O) groups excluding carboxylic acids is 2. The van der Waals surface area contributed by atoms with Crippen LogP contribution in [0.4, 0.5) is 5.69 Å². The zero-order chi connectivity index (χ0) is 19.7. The van der Waals surface area contributed by atoms with Gasteiger partial charge in [-0.15, -0.1) is 22.7 Å². The predicted octanol–water partition coefficient (Wildman–Crippen LogP) is 3.23. The Balaban J connectivity index is 1.44. The number of aromatic nitrogens is 2. The van der Waals surface area contributed by atoms with Crippen molar-refractivity contribution in [2.45, 2.75) is 26.4 Å². The molecule has 1 aliphatic rings. The Kier molecular flexibility index (Phi) is 5.34. The maximum Gasteiger partial charge on any atom is 0.227 e. The van der Waals surface area contributed by atoms with Gasteiger partial charge >= 0.3 is 0 Å². The number of hydrogen-bond acceptors (Lipinski definition) is 7. The number of aliphatic hydroxyl groups is 1. The van der Waals surface area contributed by atoms with E-state index in [1.54, 1.807) is 4.90 Å². The topological polar surface area (TPSA) is 83.4 Å². The molecule has 6 nitrogen and oxygen atoms in total. The van der Waals surface area contributed by atoms with Crippen molar-refractivity contribution in [1.29, 1.82) is 0 Å². The van der Waals surface area contributed by atoms with E-state index >= 15 is 0 Å². The number of benzene rings is 1. The van der Waals surface area contributed by atoms with E-state index in [9.17, 15) is 14.7 Å². The number of aryl methyl sites for hydroxylation is 1. The van der Waals surface area contributed by atoms with E-state index in [0.717, 1.165) is 27.0 Å². The molecule has 1 saturated heterocycles. The fraction of sp³-hybridized carbons (Fsp3) is 0.300.